The highest BCUT2D eigenvalue weighted by atomic mass is 127. The lowest BCUT2D eigenvalue weighted by atomic mass is 10.0. The van der Waals surface area contributed by atoms with Crippen LogP contribution in [0.4, 0.5) is 0 Å². The van der Waals surface area contributed by atoms with Gasteiger partial charge in [-0.25, -0.2) is 0 Å². The summed E-state index contributed by atoms with van der Waals surface area (Å²) in [5, 5.41) is 12.1. The highest BCUT2D eigenvalue weighted by molar-refractivity contribution is 14.1. The summed E-state index contributed by atoms with van der Waals surface area (Å²) < 4.78 is 2.91. The SMILES string of the molecule is CNC(Cc1cn(C)nn1)c1cc(Cl)ccc1I. The molecule has 0 aliphatic rings. The van der Waals surface area contributed by atoms with Gasteiger partial charge in [0.1, 0.15) is 0 Å². The molecule has 0 aliphatic carbocycles. The van der Waals surface area contributed by atoms with Crippen molar-refractivity contribution in [2.24, 2.45) is 7.05 Å². The van der Waals surface area contributed by atoms with E-state index in [0.717, 1.165) is 17.1 Å². The number of aryl methyl sites for hydroxylation is 1. The lowest BCUT2D eigenvalue weighted by Gasteiger charge is -2.17. The third-order valence-corrected chi connectivity index (χ3v) is 3.96. The second-order valence-electron chi connectivity index (χ2n) is 4.09. The van der Waals surface area contributed by atoms with Gasteiger partial charge in [-0.15, -0.1) is 5.10 Å². The van der Waals surface area contributed by atoms with Crippen molar-refractivity contribution in [3.8, 4) is 0 Å². The predicted molar refractivity (Wildman–Crippen MR) is 80.7 cm³/mol. The van der Waals surface area contributed by atoms with E-state index in [2.05, 4.69) is 38.2 Å². The van der Waals surface area contributed by atoms with Crippen LogP contribution in [0.25, 0.3) is 0 Å². The van der Waals surface area contributed by atoms with Gasteiger partial charge in [0, 0.05) is 34.3 Å². The van der Waals surface area contributed by atoms with Crippen LogP contribution in [0.2, 0.25) is 5.02 Å². The zero-order valence-electron chi connectivity index (χ0n) is 10.2. The molecule has 0 saturated carbocycles. The topological polar surface area (TPSA) is 42.7 Å². The van der Waals surface area contributed by atoms with Crippen molar-refractivity contribution in [2.75, 3.05) is 7.05 Å². The zero-order chi connectivity index (χ0) is 13.1. The van der Waals surface area contributed by atoms with E-state index in [1.54, 1.807) is 4.68 Å². The maximum atomic E-state index is 6.06. The number of rotatable bonds is 4. The summed E-state index contributed by atoms with van der Waals surface area (Å²) in [5.41, 5.74) is 2.16. The highest BCUT2D eigenvalue weighted by Crippen LogP contribution is 2.25. The first-order valence-corrected chi connectivity index (χ1v) is 7.03. The van der Waals surface area contributed by atoms with Gasteiger partial charge in [0.15, 0.2) is 0 Å². The van der Waals surface area contributed by atoms with E-state index in [0.29, 0.717) is 0 Å². The average molecular weight is 377 g/mol. The van der Waals surface area contributed by atoms with E-state index in [4.69, 9.17) is 11.6 Å². The van der Waals surface area contributed by atoms with Crippen molar-refractivity contribution in [3.63, 3.8) is 0 Å². The molecular formula is C12H14ClIN4. The molecule has 6 heteroatoms. The third-order valence-electron chi connectivity index (χ3n) is 2.75. The molecule has 18 heavy (non-hydrogen) atoms. The van der Waals surface area contributed by atoms with Gasteiger partial charge < -0.3 is 5.32 Å². The number of hydrogen-bond acceptors (Lipinski definition) is 3. The summed E-state index contributed by atoms with van der Waals surface area (Å²) in [4.78, 5) is 0. The summed E-state index contributed by atoms with van der Waals surface area (Å²) in [6, 6.07) is 6.12. The summed E-state index contributed by atoms with van der Waals surface area (Å²) in [7, 11) is 3.81. The molecule has 0 amide bonds. The predicted octanol–water partition coefficient (Wildman–Crippen LogP) is 2.58. The molecule has 0 saturated heterocycles. The lowest BCUT2D eigenvalue weighted by molar-refractivity contribution is 0.581. The Labute approximate surface area is 125 Å². The quantitative estimate of drug-likeness (QED) is 0.834. The normalized spacial score (nSPS) is 12.7. The van der Waals surface area contributed by atoms with E-state index >= 15 is 0 Å². The molecule has 1 atom stereocenters. The Morgan fingerprint density at radius 2 is 2.28 bits per heavy atom. The smallest absolute Gasteiger partial charge is 0.0845 e. The van der Waals surface area contributed by atoms with Gasteiger partial charge in [0.05, 0.1) is 5.69 Å². The molecule has 1 unspecified atom stereocenters. The standard InChI is InChI=1S/C12H14ClIN4/c1-15-12(6-9-7-18(2)17-16-9)10-5-8(13)3-4-11(10)14/h3-5,7,12,15H,6H2,1-2H3. The second-order valence-corrected chi connectivity index (χ2v) is 5.69. The number of hydrogen-bond donors (Lipinski definition) is 1. The average Bonchev–Trinajstić information content (AvgIpc) is 2.75. The van der Waals surface area contributed by atoms with Crippen LogP contribution in [0.5, 0.6) is 0 Å². The first-order chi connectivity index (χ1) is 8.60. The Morgan fingerprint density at radius 3 is 2.89 bits per heavy atom. The maximum absolute atomic E-state index is 6.06. The zero-order valence-corrected chi connectivity index (χ0v) is 13.1. The monoisotopic (exact) mass is 376 g/mol. The van der Waals surface area contributed by atoms with Gasteiger partial charge in [0.25, 0.3) is 0 Å². The van der Waals surface area contributed by atoms with E-state index < -0.39 is 0 Å². The Kier molecular flexibility index (Phi) is 4.58. The Bertz CT molecular complexity index is 541. The summed E-state index contributed by atoms with van der Waals surface area (Å²) >= 11 is 8.39. The van der Waals surface area contributed by atoms with Crippen LogP contribution in [0, 0.1) is 3.57 Å². The van der Waals surface area contributed by atoms with Crippen molar-refractivity contribution in [2.45, 2.75) is 12.5 Å². The number of halogens is 2. The maximum Gasteiger partial charge on any atom is 0.0845 e. The fourth-order valence-corrected chi connectivity index (χ4v) is 2.74. The number of aromatic nitrogens is 3. The molecule has 0 aliphatic heterocycles. The van der Waals surface area contributed by atoms with Gasteiger partial charge in [-0.2, -0.15) is 0 Å². The fourth-order valence-electron chi connectivity index (χ4n) is 1.85. The summed E-state index contributed by atoms with van der Waals surface area (Å²) in [5.74, 6) is 0. The molecule has 1 aromatic carbocycles. The van der Waals surface area contributed by atoms with Crippen LogP contribution >= 0.6 is 34.2 Å². The molecule has 0 radical (unpaired) electrons. The van der Waals surface area contributed by atoms with Crippen molar-refractivity contribution in [1.82, 2.24) is 20.3 Å². The largest absolute Gasteiger partial charge is 0.313 e. The van der Waals surface area contributed by atoms with Crippen molar-refractivity contribution >= 4 is 34.2 Å². The minimum atomic E-state index is 0.187. The second kappa shape index (κ2) is 5.99. The Balaban J connectivity index is 2.25. The van der Waals surface area contributed by atoms with Crippen molar-refractivity contribution < 1.29 is 0 Å². The minimum Gasteiger partial charge on any atom is -0.313 e. The van der Waals surface area contributed by atoms with E-state index in [1.165, 1.54) is 9.13 Å². The molecule has 1 aromatic heterocycles. The first-order valence-electron chi connectivity index (χ1n) is 5.57. The Morgan fingerprint density at radius 1 is 1.50 bits per heavy atom. The van der Waals surface area contributed by atoms with E-state index in [-0.39, 0.29) is 6.04 Å². The summed E-state index contributed by atoms with van der Waals surface area (Å²) in [6.45, 7) is 0. The molecule has 0 bridgehead atoms. The van der Waals surface area contributed by atoms with Crippen LogP contribution in [0.1, 0.15) is 17.3 Å². The number of nitrogens with zero attached hydrogens (tertiary/aromatic N) is 3. The third kappa shape index (κ3) is 3.21. The highest BCUT2D eigenvalue weighted by Gasteiger charge is 2.15. The summed E-state index contributed by atoms with van der Waals surface area (Å²) in [6.07, 6.45) is 2.72. The van der Waals surface area contributed by atoms with E-state index in [1.807, 2.05) is 38.5 Å². The fraction of sp³-hybridized carbons (Fsp3) is 0.333. The van der Waals surface area contributed by atoms with Gasteiger partial charge in [-0.1, -0.05) is 16.8 Å². The molecule has 0 spiro atoms. The first kappa shape index (κ1) is 13.8. The number of likely N-dealkylation sites (N-methyl/N-ethyl adjacent to an activating group) is 1. The molecule has 2 aromatic rings. The number of benzene rings is 1. The van der Waals surface area contributed by atoms with Crippen LogP contribution in [0.15, 0.2) is 24.4 Å². The number of nitrogens with one attached hydrogen (secondary N) is 1. The lowest BCUT2D eigenvalue weighted by Crippen LogP contribution is -2.20. The molecule has 0 fully saturated rings. The van der Waals surface area contributed by atoms with Gasteiger partial charge >= 0.3 is 0 Å². The minimum absolute atomic E-state index is 0.187. The van der Waals surface area contributed by atoms with Crippen LogP contribution in [-0.4, -0.2) is 22.0 Å². The molecule has 2 rings (SSSR count). The molecule has 1 heterocycles. The van der Waals surface area contributed by atoms with Gasteiger partial charge in [-0.3, -0.25) is 4.68 Å². The molecular weight excluding hydrogens is 363 g/mol. The molecule has 1 N–H and O–H groups in total. The van der Waals surface area contributed by atoms with Crippen LogP contribution < -0.4 is 5.32 Å². The van der Waals surface area contributed by atoms with Crippen LogP contribution in [0.3, 0.4) is 0 Å². The van der Waals surface area contributed by atoms with E-state index in [9.17, 15) is 0 Å². The molecule has 4 nitrogen and oxygen atoms in total. The van der Waals surface area contributed by atoms with Crippen molar-refractivity contribution in [3.05, 3.63) is 44.2 Å². The Hall–Kier alpha value is -0.660. The van der Waals surface area contributed by atoms with Crippen LogP contribution in [-0.2, 0) is 13.5 Å². The van der Waals surface area contributed by atoms with Crippen molar-refractivity contribution in [1.29, 1.82) is 0 Å². The van der Waals surface area contributed by atoms with Gasteiger partial charge in [-0.05, 0) is 53.4 Å². The molecule has 96 valence electrons. The van der Waals surface area contributed by atoms with Gasteiger partial charge in [0.2, 0.25) is 0 Å².